The molecule has 1 aliphatic heterocycles. The van der Waals surface area contributed by atoms with Crippen LogP contribution in [-0.2, 0) is 5.33 Å². The zero-order chi connectivity index (χ0) is 13.8. The minimum atomic E-state index is 0.750. The highest BCUT2D eigenvalue weighted by Gasteiger charge is 2.19. The molecule has 0 N–H and O–H groups in total. The Hall–Kier alpha value is -0.250. The average Bonchev–Trinajstić information content (AvgIpc) is 2.39. The van der Waals surface area contributed by atoms with Crippen molar-refractivity contribution in [2.75, 3.05) is 37.6 Å². The maximum absolute atomic E-state index is 6.07. The van der Waals surface area contributed by atoms with Gasteiger partial charge in [0, 0.05) is 48.8 Å². The zero-order valence-corrected chi connectivity index (χ0v) is 14.0. The third kappa shape index (κ3) is 4.11. The van der Waals surface area contributed by atoms with Crippen LogP contribution in [0.3, 0.4) is 0 Å². The lowest BCUT2D eigenvalue weighted by Crippen LogP contribution is -2.47. The van der Waals surface area contributed by atoms with Gasteiger partial charge in [0.15, 0.2) is 0 Å². The summed E-state index contributed by atoms with van der Waals surface area (Å²) >= 11 is 9.63. The van der Waals surface area contributed by atoms with Crippen molar-refractivity contribution in [2.45, 2.75) is 19.2 Å². The Bertz CT molecular complexity index is 415. The van der Waals surface area contributed by atoms with Gasteiger partial charge in [-0.05, 0) is 29.7 Å². The molecule has 106 valence electrons. The summed E-state index contributed by atoms with van der Waals surface area (Å²) in [5.74, 6) is 0.750. The fraction of sp³-hybridized carbons (Fsp3) is 0.600. The fourth-order valence-electron chi connectivity index (χ4n) is 2.66. The SMILES string of the molecule is CC(C)CN1CCN(c2ccc(Cl)cc2CBr)CC1. The number of hydrogen-bond donors (Lipinski definition) is 0. The van der Waals surface area contributed by atoms with E-state index in [0.29, 0.717) is 0 Å². The van der Waals surface area contributed by atoms with E-state index in [1.54, 1.807) is 0 Å². The molecule has 1 aliphatic rings. The van der Waals surface area contributed by atoms with Crippen molar-refractivity contribution in [3.63, 3.8) is 0 Å². The number of benzene rings is 1. The van der Waals surface area contributed by atoms with E-state index >= 15 is 0 Å². The van der Waals surface area contributed by atoms with Crippen molar-refractivity contribution in [1.82, 2.24) is 4.90 Å². The zero-order valence-electron chi connectivity index (χ0n) is 11.7. The molecule has 0 unspecified atom stereocenters. The summed E-state index contributed by atoms with van der Waals surface area (Å²) < 4.78 is 0. The quantitative estimate of drug-likeness (QED) is 0.761. The largest absolute Gasteiger partial charge is 0.369 e. The van der Waals surface area contributed by atoms with Crippen LogP contribution in [0.15, 0.2) is 18.2 Å². The first-order valence-electron chi connectivity index (χ1n) is 6.92. The summed E-state index contributed by atoms with van der Waals surface area (Å²) in [6.07, 6.45) is 0. The lowest BCUT2D eigenvalue weighted by atomic mass is 10.1. The van der Waals surface area contributed by atoms with E-state index in [-0.39, 0.29) is 0 Å². The topological polar surface area (TPSA) is 6.48 Å². The summed E-state index contributed by atoms with van der Waals surface area (Å²) in [7, 11) is 0. The van der Waals surface area contributed by atoms with Gasteiger partial charge in [-0.1, -0.05) is 41.4 Å². The molecular formula is C15H22BrClN2. The van der Waals surface area contributed by atoms with Crippen molar-refractivity contribution in [3.05, 3.63) is 28.8 Å². The van der Waals surface area contributed by atoms with Gasteiger partial charge in [0.1, 0.15) is 0 Å². The molecule has 4 heteroatoms. The van der Waals surface area contributed by atoms with Crippen LogP contribution in [0.5, 0.6) is 0 Å². The lowest BCUT2D eigenvalue weighted by molar-refractivity contribution is 0.231. The van der Waals surface area contributed by atoms with Crippen molar-refractivity contribution >= 4 is 33.2 Å². The van der Waals surface area contributed by atoms with Gasteiger partial charge in [0.05, 0.1) is 0 Å². The third-order valence-corrected chi connectivity index (χ3v) is 4.36. The molecule has 0 spiro atoms. The molecule has 1 aromatic carbocycles. The normalized spacial score (nSPS) is 17.2. The first kappa shape index (κ1) is 15.1. The summed E-state index contributed by atoms with van der Waals surface area (Å²) in [6, 6.07) is 6.20. The molecule has 1 heterocycles. The minimum absolute atomic E-state index is 0.750. The second kappa shape index (κ2) is 6.96. The molecule has 0 aliphatic carbocycles. The van der Waals surface area contributed by atoms with Gasteiger partial charge in [0.25, 0.3) is 0 Å². The van der Waals surface area contributed by atoms with E-state index in [1.165, 1.54) is 17.8 Å². The predicted octanol–water partition coefficient (Wildman–Crippen LogP) is 4.01. The maximum atomic E-state index is 6.07. The molecule has 1 aromatic rings. The first-order valence-corrected chi connectivity index (χ1v) is 8.41. The molecule has 0 radical (unpaired) electrons. The monoisotopic (exact) mass is 344 g/mol. The summed E-state index contributed by atoms with van der Waals surface area (Å²) in [4.78, 5) is 5.04. The average molecular weight is 346 g/mol. The molecule has 0 aromatic heterocycles. The molecule has 1 fully saturated rings. The van der Waals surface area contributed by atoms with Crippen LogP contribution in [0.2, 0.25) is 5.02 Å². The predicted molar refractivity (Wildman–Crippen MR) is 87.6 cm³/mol. The summed E-state index contributed by atoms with van der Waals surface area (Å²) in [6.45, 7) is 10.3. The van der Waals surface area contributed by atoms with Crippen LogP contribution in [-0.4, -0.2) is 37.6 Å². The Morgan fingerprint density at radius 3 is 2.47 bits per heavy atom. The lowest BCUT2D eigenvalue weighted by Gasteiger charge is -2.37. The molecule has 0 atom stereocenters. The van der Waals surface area contributed by atoms with Gasteiger partial charge in [-0.15, -0.1) is 0 Å². The van der Waals surface area contributed by atoms with E-state index in [2.05, 4.69) is 51.7 Å². The van der Waals surface area contributed by atoms with Gasteiger partial charge >= 0.3 is 0 Å². The van der Waals surface area contributed by atoms with Crippen molar-refractivity contribution < 1.29 is 0 Å². The maximum Gasteiger partial charge on any atom is 0.0410 e. The van der Waals surface area contributed by atoms with E-state index in [0.717, 1.165) is 42.4 Å². The molecule has 19 heavy (non-hydrogen) atoms. The Kier molecular flexibility index (Phi) is 5.55. The summed E-state index contributed by atoms with van der Waals surface area (Å²) in [5.41, 5.74) is 2.61. The Labute approximate surface area is 129 Å². The molecule has 2 nitrogen and oxygen atoms in total. The van der Waals surface area contributed by atoms with Gasteiger partial charge in [0.2, 0.25) is 0 Å². The number of halogens is 2. The third-order valence-electron chi connectivity index (χ3n) is 3.52. The Balaban J connectivity index is 2.01. The van der Waals surface area contributed by atoms with Crippen LogP contribution < -0.4 is 4.90 Å². The highest BCUT2D eigenvalue weighted by Crippen LogP contribution is 2.27. The van der Waals surface area contributed by atoms with E-state index in [1.807, 2.05) is 6.07 Å². The highest BCUT2D eigenvalue weighted by molar-refractivity contribution is 9.08. The van der Waals surface area contributed by atoms with Crippen molar-refractivity contribution in [1.29, 1.82) is 0 Å². The van der Waals surface area contributed by atoms with E-state index in [4.69, 9.17) is 11.6 Å². The van der Waals surface area contributed by atoms with Crippen LogP contribution in [0.25, 0.3) is 0 Å². The highest BCUT2D eigenvalue weighted by atomic mass is 79.9. The van der Waals surface area contributed by atoms with Crippen LogP contribution >= 0.6 is 27.5 Å². The van der Waals surface area contributed by atoms with Crippen LogP contribution in [0.4, 0.5) is 5.69 Å². The number of nitrogens with zero attached hydrogens (tertiary/aromatic N) is 2. The number of alkyl halides is 1. The smallest absolute Gasteiger partial charge is 0.0410 e. The van der Waals surface area contributed by atoms with Gasteiger partial charge in [-0.25, -0.2) is 0 Å². The number of piperazine rings is 1. The number of rotatable bonds is 4. The van der Waals surface area contributed by atoms with Gasteiger partial charge < -0.3 is 4.90 Å². The molecule has 0 saturated carbocycles. The number of hydrogen-bond acceptors (Lipinski definition) is 2. The van der Waals surface area contributed by atoms with Crippen LogP contribution in [0, 0.1) is 5.92 Å². The standard InChI is InChI=1S/C15H22BrClN2/c1-12(2)11-18-5-7-19(8-6-18)15-4-3-14(17)9-13(15)10-16/h3-4,9,12H,5-8,10-11H2,1-2H3. The minimum Gasteiger partial charge on any atom is -0.369 e. The van der Waals surface area contributed by atoms with Crippen molar-refractivity contribution in [2.24, 2.45) is 5.92 Å². The Morgan fingerprint density at radius 2 is 1.89 bits per heavy atom. The van der Waals surface area contributed by atoms with Gasteiger partial charge in [-0.2, -0.15) is 0 Å². The van der Waals surface area contributed by atoms with E-state index in [9.17, 15) is 0 Å². The molecule has 1 saturated heterocycles. The second-order valence-electron chi connectivity index (χ2n) is 5.59. The number of anilines is 1. The van der Waals surface area contributed by atoms with Gasteiger partial charge in [-0.3, -0.25) is 4.90 Å². The van der Waals surface area contributed by atoms with Crippen molar-refractivity contribution in [3.8, 4) is 0 Å². The fourth-order valence-corrected chi connectivity index (χ4v) is 3.30. The van der Waals surface area contributed by atoms with E-state index < -0.39 is 0 Å². The molecule has 0 amide bonds. The second-order valence-corrected chi connectivity index (χ2v) is 6.59. The summed E-state index contributed by atoms with van der Waals surface area (Å²) in [5, 5.41) is 1.67. The molecular weight excluding hydrogens is 324 g/mol. The van der Waals surface area contributed by atoms with Crippen LogP contribution in [0.1, 0.15) is 19.4 Å². The Morgan fingerprint density at radius 1 is 1.21 bits per heavy atom. The molecule has 2 rings (SSSR count). The first-order chi connectivity index (χ1) is 9.10. The molecule has 0 bridgehead atoms.